The Morgan fingerprint density at radius 3 is 2.87 bits per heavy atom. The number of amides is 1. The van der Waals surface area contributed by atoms with Gasteiger partial charge in [0.25, 0.3) is 5.91 Å². The Bertz CT molecular complexity index is 1250. The number of rotatable bonds is 1. The molecule has 208 valence electrons. The second-order valence-corrected chi connectivity index (χ2v) is 13.4. The van der Waals surface area contributed by atoms with E-state index in [1.165, 1.54) is 23.1 Å². The zero-order valence-corrected chi connectivity index (χ0v) is 24.3. The Balaban J connectivity index is 1.38. The zero-order chi connectivity index (χ0) is 27.0. The highest BCUT2D eigenvalue weighted by Gasteiger charge is 2.44. The summed E-state index contributed by atoms with van der Waals surface area (Å²) in [5, 5.41) is 12.2. The summed E-state index contributed by atoms with van der Waals surface area (Å²) in [6.07, 6.45) is 11.9. The van der Waals surface area contributed by atoms with Gasteiger partial charge in [-0.25, -0.2) is 0 Å². The van der Waals surface area contributed by atoms with Gasteiger partial charge < -0.3 is 14.7 Å². The van der Waals surface area contributed by atoms with Crippen molar-refractivity contribution in [1.29, 1.82) is 0 Å². The van der Waals surface area contributed by atoms with E-state index in [0.717, 1.165) is 74.5 Å². The van der Waals surface area contributed by atoms with E-state index in [9.17, 15) is 9.90 Å². The monoisotopic (exact) mass is 566 g/mol. The van der Waals surface area contributed by atoms with Crippen LogP contribution in [-0.2, 0) is 11.8 Å². The molecule has 0 saturated heterocycles. The van der Waals surface area contributed by atoms with Crippen molar-refractivity contribution in [3.63, 3.8) is 0 Å². The minimum absolute atomic E-state index is 0.0640. The van der Waals surface area contributed by atoms with E-state index >= 15 is 0 Å². The SMILES string of the molecule is CC[C@H]1C/C=C\C[C@H](O)[C@@H]2CC[C@H]2CN2C[C@@]3(CCCc4cc(Cl)ccc43)COc3ccc(cc32)C(=O)NS1. The molecule has 0 unspecified atom stereocenters. The molecule has 5 atom stereocenters. The van der Waals surface area contributed by atoms with Crippen LogP contribution in [0.3, 0.4) is 0 Å². The summed E-state index contributed by atoms with van der Waals surface area (Å²) in [4.78, 5) is 15.7. The van der Waals surface area contributed by atoms with Crippen molar-refractivity contribution in [2.45, 2.75) is 75.1 Å². The lowest BCUT2D eigenvalue weighted by Gasteiger charge is -2.45. The number of fused-ring (bicyclic) bond motifs is 4. The van der Waals surface area contributed by atoms with Crippen LogP contribution in [0.2, 0.25) is 5.02 Å². The quantitative estimate of drug-likeness (QED) is 0.297. The van der Waals surface area contributed by atoms with Gasteiger partial charge in [0.1, 0.15) is 5.75 Å². The third kappa shape index (κ3) is 5.45. The number of benzene rings is 2. The number of aryl methyl sites for hydroxylation is 1. The summed E-state index contributed by atoms with van der Waals surface area (Å²) in [5.74, 6) is 1.48. The molecule has 4 aliphatic rings. The number of anilines is 1. The average Bonchev–Trinajstić information content (AvgIpc) is 3.07. The molecule has 2 aromatic carbocycles. The second kappa shape index (κ2) is 11.4. The van der Waals surface area contributed by atoms with E-state index in [2.05, 4.69) is 40.8 Å². The number of aliphatic hydroxyl groups excluding tert-OH is 1. The fourth-order valence-corrected chi connectivity index (χ4v) is 7.98. The molecule has 39 heavy (non-hydrogen) atoms. The van der Waals surface area contributed by atoms with Gasteiger partial charge in [0, 0.05) is 34.3 Å². The molecule has 0 aromatic heterocycles. The Morgan fingerprint density at radius 2 is 2.05 bits per heavy atom. The van der Waals surface area contributed by atoms with E-state index in [0.29, 0.717) is 35.7 Å². The maximum Gasteiger partial charge on any atom is 0.261 e. The van der Waals surface area contributed by atoms with Crippen molar-refractivity contribution in [3.8, 4) is 5.75 Å². The maximum atomic E-state index is 13.2. The van der Waals surface area contributed by atoms with Crippen LogP contribution >= 0.6 is 23.5 Å². The lowest BCUT2D eigenvalue weighted by Crippen LogP contribution is -2.49. The maximum absolute atomic E-state index is 13.2. The molecule has 2 aromatic rings. The topological polar surface area (TPSA) is 61.8 Å². The summed E-state index contributed by atoms with van der Waals surface area (Å²) in [6.45, 7) is 4.43. The van der Waals surface area contributed by atoms with Gasteiger partial charge in [-0.3, -0.25) is 9.52 Å². The summed E-state index contributed by atoms with van der Waals surface area (Å²) >= 11 is 7.90. The van der Waals surface area contributed by atoms with Crippen LogP contribution in [0.1, 0.15) is 73.4 Å². The molecular formula is C32H39ClN2O3S. The highest BCUT2D eigenvalue weighted by atomic mass is 35.5. The lowest BCUT2D eigenvalue weighted by molar-refractivity contribution is 0.0177. The van der Waals surface area contributed by atoms with Crippen molar-refractivity contribution in [2.24, 2.45) is 11.8 Å². The van der Waals surface area contributed by atoms with Crippen LogP contribution < -0.4 is 14.4 Å². The standard InChI is InChI=1S/C32H39ClN2O3S/c1-2-25-7-3-4-8-29(36)26-12-9-23(26)18-35-19-32(15-5-6-21-16-24(33)11-13-27(21)32)20-38-30-14-10-22(17-28(30)35)31(37)34-39-25/h3-4,10-11,13-14,16-17,23,25-26,29,36H,2,5-9,12,15,18-20H2,1H3,(H,34,37)/b4-3-/t23-,25-,26+,29-,32-/m0/s1. The minimum atomic E-state index is -0.319. The third-order valence-corrected chi connectivity index (χ3v) is 10.8. The van der Waals surface area contributed by atoms with Gasteiger partial charge >= 0.3 is 0 Å². The number of nitrogens with one attached hydrogen (secondary N) is 1. The van der Waals surface area contributed by atoms with E-state index < -0.39 is 0 Å². The van der Waals surface area contributed by atoms with E-state index in [1.807, 2.05) is 24.3 Å². The number of halogens is 1. The molecule has 2 aliphatic carbocycles. The van der Waals surface area contributed by atoms with Crippen molar-refractivity contribution >= 4 is 35.1 Å². The van der Waals surface area contributed by atoms with Gasteiger partial charge in [-0.2, -0.15) is 0 Å². The first kappa shape index (κ1) is 27.0. The van der Waals surface area contributed by atoms with Crippen LogP contribution in [0.15, 0.2) is 48.6 Å². The van der Waals surface area contributed by atoms with Gasteiger partial charge in [0.05, 0.1) is 18.4 Å². The molecule has 2 N–H and O–H groups in total. The van der Waals surface area contributed by atoms with Crippen LogP contribution in [0.25, 0.3) is 0 Å². The summed E-state index contributed by atoms with van der Waals surface area (Å²) < 4.78 is 9.69. The predicted molar refractivity (Wildman–Crippen MR) is 160 cm³/mol. The molecule has 2 aliphatic heterocycles. The Labute approximate surface area is 241 Å². The number of nitrogens with zero attached hydrogens (tertiary/aromatic N) is 1. The van der Waals surface area contributed by atoms with Crippen LogP contribution in [0.5, 0.6) is 5.75 Å². The van der Waals surface area contributed by atoms with Gasteiger partial charge in [-0.15, -0.1) is 0 Å². The lowest BCUT2D eigenvalue weighted by atomic mass is 9.68. The number of hydrogen-bond donors (Lipinski definition) is 2. The predicted octanol–water partition coefficient (Wildman–Crippen LogP) is 6.71. The van der Waals surface area contributed by atoms with Crippen molar-refractivity contribution < 1.29 is 14.6 Å². The number of hydrogen-bond acceptors (Lipinski definition) is 5. The molecule has 7 heteroatoms. The molecular weight excluding hydrogens is 528 g/mol. The zero-order valence-electron chi connectivity index (χ0n) is 22.7. The van der Waals surface area contributed by atoms with E-state index in [1.54, 1.807) is 0 Å². The number of aliphatic hydroxyl groups is 1. The van der Waals surface area contributed by atoms with Crippen molar-refractivity contribution in [2.75, 3.05) is 24.6 Å². The smallest absolute Gasteiger partial charge is 0.261 e. The Morgan fingerprint density at radius 1 is 1.18 bits per heavy atom. The largest absolute Gasteiger partial charge is 0.490 e. The van der Waals surface area contributed by atoms with Crippen molar-refractivity contribution in [1.82, 2.24) is 4.72 Å². The molecule has 0 radical (unpaired) electrons. The minimum Gasteiger partial charge on any atom is -0.490 e. The fourth-order valence-electron chi connectivity index (χ4n) is 7.02. The first-order valence-corrected chi connectivity index (χ1v) is 15.8. The number of carbonyl (C=O) groups is 1. The summed E-state index contributed by atoms with van der Waals surface area (Å²) in [7, 11) is 0. The Kier molecular flexibility index (Phi) is 7.89. The van der Waals surface area contributed by atoms with Crippen LogP contribution in [0.4, 0.5) is 5.69 Å². The van der Waals surface area contributed by atoms with Gasteiger partial charge in [0.2, 0.25) is 0 Å². The Hall–Kier alpha value is -2.15. The first-order valence-electron chi connectivity index (χ1n) is 14.6. The molecule has 2 bridgehead atoms. The summed E-state index contributed by atoms with van der Waals surface area (Å²) in [6, 6.07) is 12.2. The fraction of sp³-hybridized carbons (Fsp3) is 0.531. The average molecular weight is 567 g/mol. The number of ether oxygens (including phenoxy) is 1. The third-order valence-electron chi connectivity index (χ3n) is 9.44. The van der Waals surface area contributed by atoms with Crippen LogP contribution in [-0.4, -0.2) is 42.1 Å². The molecule has 6 rings (SSSR count). The normalized spacial score (nSPS) is 31.7. The van der Waals surface area contributed by atoms with Gasteiger partial charge in [0.15, 0.2) is 0 Å². The molecule has 1 saturated carbocycles. The summed E-state index contributed by atoms with van der Waals surface area (Å²) in [5.41, 5.74) is 4.16. The molecule has 1 amide bonds. The number of allylic oxidation sites excluding steroid dienone is 1. The van der Waals surface area contributed by atoms with Gasteiger partial charge in [-0.1, -0.05) is 36.7 Å². The number of carbonyl (C=O) groups excluding carboxylic acids is 1. The molecule has 1 spiro atoms. The van der Waals surface area contributed by atoms with Gasteiger partial charge in [-0.05, 0) is 117 Å². The van der Waals surface area contributed by atoms with Crippen molar-refractivity contribution in [3.05, 3.63) is 70.3 Å². The first-order chi connectivity index (χ1) is 19.0. The van der Waals surface area contributed by atoms with Crippen LogP contribution in [0, 0.1) is 11.8 Å². The highest BCUT2D eigenvalue weighted by molar-refractivity contribution is 7.98. The highest BCUT2D eigenvalue weighted by Crippen LogP contribution is 2.47. The molecule has 2 heterocycles. The van der Waals surface area contributed by atoms with E-state index in [4.69, 9.17) is 16.3 Å². The second-order valence-electron chi connectivity index (χ2n) is 11.9. The van der Waals surface area contributed by atoms with E-state index in [-0.39, 0.29) is 17.4 Å². The molecule has 5 nitrogen and oxygen atoms in total. The molecule has 1 fully saturated rings.